The highest BCUT2D eigenvalue weighted by molar-refractivity contribution is 5.90. The van der Waals surface area contributed by atoms with Gasteiger partial charge in [0.2, 0.25) is 11.2 Å². The maximum Gasteiger partial charge on any atom is 0.408 e. The van der Waals surface area contributed by atoms with Crippen LogP contribution in [0.25, 0.3) is 4.98 Å². The number of benzene rings is 2. The SMILES string of the molecule is N#[N+]CC(=O)[C@H](Cc1ccccc1)NC(=O)OCc1ccccc1. The molecule has 6 nitrogen and oxygen atoms in total. The summed E-state index contributed by atoms with van der Waals surface area (Å²) in [4.78, 5) is 26.8. The number of ether oxygens (including phenoxy) is 1. The van der Waals surface area contributed by atoms with E-state index in [2.05, 4.69) is 10.3 Å². The molecule has 0 bridgehead atoms. The van der Waals surface area contributed by atoms with Crippen LogP contribution >= 0.6 is 0 Å². The molecule has 0 saturated carbocycles. The van der Waals surface area contributed by atoms with Gasteiger partial charge in [-0.2, -0.15) is 0 Å². The van der Waals surface area contributed by atoms with Crippen LogP contribution in [0.2, 0.25) is 0 Å². The van der Waals surface area contributed by atoms with Crippen LogP contribution in [0.4, 0.5) is 4.79 Å². The number of alkyl carbamates (subject to hydrolysis) is 1. The van der Waals surface area contributed by atoms with Crippen molar-refractivity contribution in [3.05, 3.63) is 76.8 Å². The van der Waals surface area contributed by atoms with Gasteiger partial charge in [-0.15, -0.1) is 0 Å². The van der Waals surface area contributed by atoms with Crippen LogP contribution in [0.1, 0.15) is 11.1 Å². The van der Waals surface area contributed by atoms with Gasteiger partial charge in [-0.1, -0.05) is 60.7 Å². The molecule has 122 valence electrons. The van der Waals surface area contributed by atoms with Gasteiger partial charge < -0.3 is 10.1 Å². The van der Waals surface area contributed by atoms with E-state index >= 15 is 0 Å². The molecule has 2 aromatic carbocycles. The second-order valence-electron chi connectivity index (χ2n) is 5.21. The van der Waals surface area contributed by atoms with Gasteiger partial charge in [0.15, 0.2) is 0 Å². The minimum absolute atomic E-state index is 0.114. The van der Waals surface area contributed by atoms with Crippen LogP contribution in [-0.2, 0) is 22.6 Å². The Labute approximate surface area is 140 Å². The topological polar surface area (TPSA) is 83.5 Å². The Hall–Kier alpha value is -3.20. The van der Waals surface area contributed by atoms with E-state index in [0.29, 0.717) is 6.42 Å². The van der Waals surface area contributed by atoms with E-state index in [1.165, 1.54) is 0 Å². The second kappa shape index (κ2) is 9.06. The van der Waals surface area contributed by atoms with E-state index in [4.69, 9.17) is 10.1 Å². The van der Waals surface area contributed by atoms with Crippen LogP contribution in [0.3, 0.4) is 0 Å². The zero-order chi connectivity index (χ0) is 17.2. The number of hydrogen-bond acceptors (Lipinski definition) is 4. The summed E-state index contributed by atoms with van der Waals surface area (Å²) in [7, 11) is 0. The molecule has 0 fully saturated rings. The maximum atomic E-state index is 12.0. The van der Waals surface area contributed by atoms with Crippen molar-refractivity contribution in [2.75, 3.05) is 6.54 Å². The average molecular weight is 324 g/mol. The lowest BCUT2D eigenvalue weighted by Gasteiger charge is -2.15. The number of Topliss-reactive ketones (excluding diaryl/α,β-unsaturated/α-hetero) is 1. The fourth-order valence-corrected chi connectivity index (χ4v) is 2.18. The Balaban J connectivity index is 1.95. The molecule has 2 aromatic rings. The quantitative estimate of drug-likeness (QED) is 0.794. The molecule has 6 heteroatoms. The fourth-order valence-electron chi connectivity index (χ4n) is 2.18. The van der Waals surface area contributed by atoms with Crippen molar-refractivity contribution in [1.82, 2.24) is 5.32 Å². The number of carbonyl (C=O) groups is 2. The Kier molecular flexibility index (Phi) is 6.47. The molecule has 0 heterocycles. The summed E-state index contributed by atoms with van der Waals surface area (Å²) < 4.78 is 5.13. The summed E-state index contributed by atoms with van der Waals surface area (Å²) in [5, 5.41) is 11.1. The Morgan fingerprint density at radius 2 is 1.58 bits per heavy atom. The molecule has 24 heavy (non-hydrogen) atoms. The number of hydrogen-bond donors (Lipinski definition) is 1. The van der Waals surface area contributed by atoms with E-state index in [1.807, 2.05) is 60.7 Å². The lowest BCUT2D eigenvalue weighted by Crippen LogP contribution is -2.43. The third-order valence-corrected chi connectivity index (χ3v) is 3.40. The standard InChI is InChI=1S/C18H17N3O3/c19-20-12-17(22)16(11-14-7-3-1-4-8-14)21-18(23)24-13-15-9-5-2-6-10-15/h1-10,16H,11-13H2/p+1/t16-/m0/s1. The molecule has 0 radical (unpaired) electrons. The normalized spacial score (nSPS) is 11.1. The molecule has 0 spiro atoms. The lowest BCUT2D eigenvalue weighted by molar-refractivity contribution is -0.119. The number of amides is 1. The Morgan fingerprint density at radius 1 is 1.00 bits per heavy atom. The molecule has 0 aliphatic rings. The van der Waals surface area contributed by atoms with Gasteiger partial charge in [0.25, 0.3) is 0 Å². The van der Waals surface area contributed by atoms with Crippen molar-refractivity contribution in [3.63, 3.8) is 0 Å². The monoisotopic (exact) mass is 324 g/mol. The molecule has 1 amide bonds. The number of diazo groups is 1. The average Bonchev–Trinajstić information content (AvgIpc) is 2.61. The van der Waals surface area contributed by atoms with E-state index < -0.39 is 17.9 Å². The summed E-state index contributed by atoms with van der Waals surface area (Å²) in [5.41, 5.74) is 1.74. The Morgan fingerprint density at radius 3 is 2.17 bits per heavy atom. The first-order chi connectivity index (χ1) is 11.7. The van der Waals surface area contributed by atoms with Crippen molar-refractivity contribution in [1.29, 1.82) is 5.39 Å². The molecular formula is C18H18N3O3+. The molecular weight excluding hydrogens is 306 g/mol. The summed E-state index contributed by atoms with van der Waals surface area (Å²) in [6.07, 6.45) is -0.388. The highest BCUT2D eigenvalue weighted by Crippen LogP contribution is 2.06. The van der Waals surface area contributed by atoms with Gasteiger partial charge in [-0.05, 0) is 11.1 Å². The largest absolute Gasteiger partial charge is 0.445 e. The molecule has 0 saturated heterocycles. The van der Waals surface area contributed by atoms with Gasteiger partial charge in [-0.3, -0.25) is 4.79 Å². The number of rotatable bonds is 7. The van der Waals surface area contributed by atoms with Crippen LogP contribution < -0.4 is 5.32 Å². The first-order valence-corrected chi connectivity index (χ1v) is 7.53. The highest BCUT2D eigenvalue weighted by atomic mass is 16.5. The molecule has 1 atom stereocenters. The minimum Gasteiger partial charge on any atom is -0.445 e. The van der Waals surface area contributed by atoms with E-state index in [0.717, 1.165) is 11.1 Å². The number of nitrogens with one attached hydrogen (secondary N) is 1. The smallest absolute Gasteiger partial charge is 0.408 e. The summed E-state index contributed by atoms with van der Waals surface area (Å²) >= 11 is 0. The van der Waals surface area contributed by atoms with Crippen molar-refractivity contribution in [2.24, 2.45) is 0 Å². The van der Waals surface area contributed by atoms with Gasteiger partial charge in [-0.25, -0.2) is 4.79 Å². The first-order valence-electron chi connectivity index (χ1n) is 7.53. The number of ketones is 1. The van der Waals surface area contributed by atoms with Crippen molar-refractivity contribution in [2.45, 2.75) is 19.1 Å². The van der Waals surface area contributed by atoms with Crippen molar-refractivity contribution in [3.8, 4) is 0 Å². The molecule has 0 aliphatic carbocycles. The van der Waals surface area contributed by atoms with E-state index in [-0.39, 0.29) is 13.2 Å². The third kappa shape index (κ3) is 5.54. The summed E-state index contributed by atoms with van der Waals surface area (Å²) in [6, 6.07) is 17.7. The van der Waals surface area contributed by atoms with Crippen LogP contribution in [0.5, 0.6) is 0 Å². The predicted octanol–water partition coefficient (Wildman–Crippen LogP) is 2.95. The van der Waals surface area contributed by atoms with Crippen molar-refractivity contribution < 1.29 is 14.3 Å². The molecule has 0 aromatic heterocycles. The van der Waals surface area contributed by atoms with E-state index in [1.54, 1.807) is 0 Å². The Bertz CT molecular complexity index is 711. The second-order valence-corrected chi connectivity index (χ2v) is 5.21. The zero-order valence-electron chi connectivity index (χ0n) is 13.1. The summed E-state index contributed by atoms with van der Waals surface area (Å²) in [5.74, 6) is -0.391. The molecule has 1 N–H and O–H groups in total. The molecule has 2 rings (SSSR count). The van der Waals surface area contributed by atoms with Crippen LogP contribution in [0, 0.1) is 5.39 Å². The molecule has 0 aliphatic heterocycles. The first kappa shape index (κ1) is 17.2. The zero-order valence-corrected chi connectivity index (χ0v) is 13.1. The van der Waals surface area contributed by atoms with Gasteiger partial charge in [0.1, 0.15) is 17.6 Å². The van der Waals surface area contributed by atoms with Crippen molar-refractivity contribution >= 4 is 11.9 Å². The van der Waals surface area contributed by atoms with Crippen LogP contribution in [0.15, 0.2) is 60.7 Å². The van der Waals surface area contributed by atoms with Gasteiger partial charge >= 0.3 is 12.6 Å². The predicted molar refractivity (Wildman–Crippen MR) is 88.7 cm³/mol. The molecule has 0 unspecified atom stereocenters. The maximum absolute atomic E-state index is 12.0. The number of nitrogens with zero attached hydrogens (tertiary/aromatic N) is 2. The lowest BCUT2D eigenvalue weighted by atomic mass is 10.0. The number of carbonyl (C=O) groups excluding carboxylic acids is 2. The highest BCUT2D eigenvalue weighted by Gasteiger charge is 2.25. The summed E-state index contributed by atoms with van der Waals surface area (Å²) in [6.45, 7) is -0.264. The van der Waals surface area contributed by atoms with E-state index in [9.17, 15) is 9.59 Å². The van der Waals surface area contributed by atoms with Gasteiger partial charge in [0.05, 0.1) is 0 Å². The minimum atomic E-state index is -0.813. The third-order valence-electron chi connectivity index (χ3n) is 3.40. The fraction of sp³-hybridized carbons (Fsp3) is 0.222. The van der Waals surface area contributed by atoms with Crippen LogP contribution in [-0.4, -0.2) is 24.5 Å². The van der Waals surface area contributed by atoms with Gasteiger partial charge in [0, 0.05) is 6.42 Å².